The molecule has 60 valence electrons. The second-order valence-electron chi connectivity index (χ2n) is 2.43. The highest BCUT2D eigenvalue weighted by Crippen LogP contribution is 2.17. The van der Waals surface area contributed by atoms with E-state index in [1.807, 2.05) is 6.33 Å². The second-order valence-corrected chi connectivity index (χ2v) is 4.48. The summed E-state index contributed by atoms with van der Waals surface area (Å²) in [6.07, 6.45) is 2.30. The molecule has 1 aliphatic heterocycles. The van der Waals surface area contributed by atoms with Gasteiger partial charge in [0.2, 0.25) is 0 Å². The second kappa shape index (κ2) is 3.17. The number of aromatic nitrogens is 2. The van der Waals surface area contributed by atoms with Crippen molar-refractivity contribution in [3.8, 4) is 0 Å². The molecular formula is C6H6I2N2O. The molecule has 1 saturated heterocycles. The van der Waals surface area contributed by atoms with Gasteiger partial charge in [-0.15, -0.1) is 0 Å². The van der Waals surface area contributed by atoms with Gasteiger partial charge >= 0.3 is 0 Å². The van der Waals surface area contributed by atoms with Crippen molar-refractivity contribution in [2.45, 2.75) is 12.6 Å². The van der Waals surface area contributed by atoms with Crippen LogP contribution in [-0.2, 0) is 11.3 Å². The summed E-state index contributed by atoms with van der Waals surface area (Å²) in [5.41, 5.74) is 0. The molecule has 1 fully saturated rings. The van der Waals surface area contributed by atoms with Crippen molar-refractivity contribution in [1.82, 2.24) is 9.55 Å². The summed E-state index contributed by atoms with van der Waals surface area (Å²) in [6, 6.07) is 0. The van der Waals surface area contributed by atoms with Crippen LogP contribution in [0.3, 0.4) is 0 Å². The van der Waals surface area contributed by atoms with Gasteiger partial charge in [-0.2, -0.15) is 0 Å². The number of nitrogens with zero attached hydrogens (tertiary/aromatic N) is 2. The van der Waals surface area contributed by atoms with Crippen LogP contribution in [0.15, 0.2) is 6.33 Å². The summed E-state index contributed by atoms with van der Waals surface area (Å²) in [7, 11) is 0. The molecule has 1 aliphatic rings. The predicted molar refractivity (Wildman–Crippen MR) is 57.4 cm³/mol. The fourth-order valence-electron chi connectivity index (χ4n) is 0.863. The Labute approximate surface area is 91.8 Å². The molecule has 1 unspecified atom stereocenters. The van der Waals surface area contributed by atoms with E-state index in [9.17, 15) is 0 Å². The Hall–Kier alpha value is 0.630. The third-order valence-corrected chi connectivity index (χ3v) is 4.49. The first-order chi connectivity index (χ1) is 5.27. The van der Waals surface area contributed by atoms with Crippen LogP contribution < -0.4 is 0 Å². The molecule has 0 N–H and O–H groups in total. The number of epoxide rings is 1. The molecular weight excluding hydrogens is 370 g/mol. The maximum Gasteiger partial charge on any atom is 0.132 e. The van der Waals surface area contributed by atoms with Crippen LogP contribution in [0.1, 0.15) is 0 Å². The smallest absolute Gasteiger partial charge is 0.132 e. The van der Waals surface area contributed by atoms with Crippen molar-refractivity contribution in [1.29, 1.82) is 0 Å². The maximum absolute atomic E-state index is 5.12. The molecule has 0 saturated carbocycles. The summed E-state index contributed by atoms with van der Waals surface area (Å²) < 4.78 is 9.53. The summed E-state index contributed by atoms with van der Waals surface area (Å²) in [5.74, 6) is 0. The van der Waals surface area contributed by atoms with Crippen molar-refractivity contribution in [2.24, 2.45) is 0 Å². The first-order valence-corrected chi connectivity index (χ1v) is 5.41. The molecule has 1 aromatic rings. The van der Waals surface area contributed by atoms with Crippen molar-refractivity contribution in [2.75, 3.05) is 6.61 Å². The fraction of sp³-hybridized carbons (Fsp3) is 0.500. The minimum Gasteiger partial charge on any atom is -0.371 e. The average Bonchev–Trinajstić information content (AvgIpc) is 2.74. The number of halogens is 2. The summed E-state index contributed by atoms with van der Waals surface area (Å²) >= 11 is 4.53. The van der Waals surface area contributed by atoms with E-state index < -0.39 is 0 Å². The van der Waals surface area contributed by atoms with Gasteiger partial charge in [0, 0.05) is 0 Å². The van der Waals surface area contributed by atoms with Gasteiger partial charge in [-0.05, 0) is 45.2 Å². The molecule has 0 spiro atoms. The van der Waals surface area contributed by atoms with E-state index in [2.05, 4.69) is 54.7 Å². The van der Waals surface area contributed by atoms with Crippen LogP contribution in [-0.4, -0.2) is 22.3 Å². The quantitative estimate of drug-likeness (QED) is 0.579. The van der Waals surface area contributed by atoms with Crippen molar-refractivity contribution < 1.29 is 4.74 Å². The molecule has 5 heteroatoms. The number of hydrogen-bond acceptors (Lipinski definition) is 2. The van der Waals surface area contributed by atoms with Crippen LogP contribution >= 0.6 is 45.2 Å². The van der Waals surface area contributed by atoms with Crippen LogP contribution in [0.2, 0.25) is 0 Å². The van der Waals surface area contributed by atoms with Crippen LogP contribution in [0.25, 0.3) is 0 Å². The fourth-order valence-corrected chi connectivity index (χ4v) is 1.76. The first kappa shape index (κ1) is 8.24. The lowest BCUT2D eigenvalue weighted by Gasteiger charge is -1.98. The zero-order valence-corrected chi connectivity index (χ0v) is 9.94. The van der Waals surface area contributed by atoms with E-state index in [0.29, 0.717) is 6.10 Å². The van der Waals surface area contributed by atoms with E-state index in [-0.39, 0.29) is 0 Å². The standard InChI is InChI=1S/C6H6I2N2O/c7-5-6(8)10(3-9-5)1-4-2-11-4/h3-4H,1-2H2. The third-order valence-electron chi connectivity index (χ3n) is 1.54. The third kappa shape index (κ3) is 1.86. The van der Waals surface area contributed by atoms with Gasteiger partial charge < -0.3 is 9.30 Å². The van der Waals surface area contributed by atoms with Gasteiger partial charge in [-0.1, -0.05) is 0 Å². The molecule has 11 heavy (non-hydrogen) atoms. The van der Waals surface area contributed by atoms with Crippen molar-refractivity contribution in [3.63, 3.8) is 0 Å². The molecule has 0 radical (unpaired) electrons. The largest absolute Gasteiger partial charge is 0.371 e. The molecule has 0 aromatic carbocycles. The Morgan fingerprint density at radius 1 is 1.73 bits per heavy atom. The van der Waals surface area contributed by atoms with Crippen LogP contribution in [0.4, 0.5) is 0 Å². The van der Waals surface area contributed by atoms with Gasteiger partial charge in [0.05, 0.1) is 25.6 Å². The zero-order valence-electron chi connectivity index (χ0n) is 5.63. The van der Waals surface area contributed by atoms with E-state index >= 15 is 0 Å². The molecule has 2 heterocycles. The molecule has 0 amide bonds. The van der Waals surface area contributed by atoms with E-state index in [1.54, 1.807) is 0 Å². The van der Waals surface area contributed by atoms with Gasteiger partial charge in [-0.3, -0.25) is 0 Å². The lowest BCUT2D eigenvalue weighted by Crippen LogP contribution is -2.04. The number of imidazole rings is 1. The maximum atomic E-state index is 5.12. The minimum atomic E-state index is 0.438. The van der Waals surface area contributed by atoms with Gasteiger partial charge in [0.25, 0.3) is 0 Å². The monoisotopic (exact) mass is 376 g/mol. The van der Waals surface area contributed by atoms with Crippen LogP contribution in [0, 0.1) is 7.40 Å². The highest BCUT2D eigenvalue weighted by molar-refractivity contribution is 14.1. The number of rotatable bonds is 2. The van der Waals surface area contributed by atoms with E-state index in [4.69, 9.17) is 4.74 Å². The van der Waals surface area contributed by atoms with Gasteiger partial charge in [-0.25, -0.2) is 4.98 Å². The minimum absolute atomic E-state index is 0.438. The van der Waals surface area contributed by atoms with Gasteiger partial charge in [0.1, 0.15) is 7.40 Å². The Morgan fingerprint density at radius 3 is 2.91 bits per heavy atom. The summed E-state index contributed by atoms with van der Waals surface area (Å²) in [5, 5.41) is 0. The highest BCUT2D eigenvalue weighted by atomic mass is 127. The Kier molecular flexibility index (Phi) is 2.38. The lowest BCUT2D eigenvalue weighted by atomic mass is 10.5. The normalized spacial score (nSPS) is 22.2. The number of hydrogen-bond donors (Lipinski definition) is 0. The molecule has 0 aliphatic carbocycles. The first-order valence-electron chi connectivity index (χ1n) is 3.25. The summed E-state index contributed by atoms with van der Waals surface area (Å²) in [4.78, 5) is 4.18. The predicted octanol–water partition coefficient (Wildman–Crippen LogP) is 1.49. The lowest BCUT2D eigenvalue weighted by molar-refractivity contribution is 0.381. The van der Waals surface area contributed by atoms with Crippen LogP contribution in [0.5, 0.6) is 0 Å². The Balaban J connectivity index is 2.15. The van der Waals surface area contributed by atoms with Crippen molar-refractivity contribution in [3.05, 3.63) is 13.7 Å². The molecule has 3 nitrogen and oxygen atoms in total. The molecule has 0 bridgehead atoms. The Bertz CT molecular complexity index is 270. The topological polar surface area (TPSA) is 30.4 Å². The summed E-state index contributed by atoms with van der Waals surface area (Å²) in [6.45, 7) is 1.86. The average molecular weight is 376 g/mol. The molecule has 2 rings (SSSR count). The SMILES string of the molecule is Ic1ncn(CC2CO2)c1I. The van der Waals surface area contributed by atoms with Gasteiger partial charge in [0.15, 0.2) is 0 Å². The molecule has 1 aromatic heterocycles. The van der Waals surface area contributed by atoms with E-state index in [1.165, 1.54) is 3.70 Å². The van der Waals surface area contributed by atoms with Crippen molar-refractivity contribution >= 4 is 45.2 Å². The zero-order chi connectivity index (χ0) is 7.84. The number of ether oxygens (including phenoxy) is 1. The van der Waals surface area contributed by atoms with E-state index in [0.717, 1.165) is 16.9 Å². The molecule has 1 atom stereocenters. The highest BCUT2D eigenvalue weighted by Gasteiger charge is 2.23. The Morgan fingerprint density at radius 2 is 2.45 bits per heavy atom.